The highest BCUT2D eigenvalue weighted by atomic mass is 16.2. The molecule has 1 heterocycles. The average Bonchev–Trinajstić information content (AvgIpc) is 2.93. The molecule has 2 N–H and O–H groups in total. The number of unbranched alkanes of at least 4 members (excludes halogenated alkanes) is 1. The fourth-order valence-corrected chi connectivity index (χ4v) is 3.46. The molecular formula is C20H31N3O2. The Morgan fingerprint density at radius 2 is 1.80 bits per heavy atom. The third kappa shape index (κ3) is 6.86. The van der Waals surface area contributed by atoms with Crippen molar-refractivity contribution in [2.24, 2.45) is 0 Å². The van der Waals surface area contributed by atoms with Crippen molar-refractivity contribution in [2.75, 3.05) is 20.1 Å². The molecule has 5 nitrogen and oxygen atoms in total. The van der Waals surface area contributed by atoms with E-state index in [-0.39, 0.29) is 17.9 Å². The van der Waals surface area contributed by atoms with Crippen molar-refractivity contribution in [2.45, 2.75) is 57.5 Å². The summed E-state index contributed by atoms with van der Waals surface area (Å²) in [6.45, 7) is 2.96. The summed E-state index contributed by atoms with van der Waals surface area (Å²) in [4.78, 5) is 25.4. The number of benzene rings is 1. The normalized spacial score (nSPS) is 20.4. The van der Waals surface area contributed by atoms with E-state index in [9.17, 15) is 9.59 Å². The zero-order valence-electron chi connectivity index (χ0n) is 15.5. The van der Waals surface area contributed by atoms with Gasteiger partial charge in [0.15, 0.2) is 0 Å². The van der Waals surface area contributed by atoms with Gasteiger partial charge in [-0.1, -0.05) is 30.3 Å². The molecule has 2 rings (SSSR count). The average molecular weight is 345 g/mol. The van der Waals surface area contributed by atoms with Gasteiger partial charge in [-0.05, 0) is 44.7 Å². The summed E-state index contributed by atoms with van der Waals surface area (Å²) in [6.07, 6.45) is 5.76. The molecule has 1 saturated heterocycles. The molecule has 25 heavy (non-hydrogen) atoms. The lowest BCUT2D eigenvalue weighted by Crippen LogP contribution is -2.42. The van der Waals surface area contributed by atoms with Crippen LogP contribution >= 0.6 is 0 Å². The number of nitrogens with one attached hydrogen (secondary N) is 2. The number of aryl methyl sites for hydroxylation is 1. The molecule has 0 bridgehead atoms. The van der Waals surface area contributed by atoms with Gasteiger partial charge in [0.2, 0.25) is 11.8 Å². The van der Waals surface area contributed by atoms with E-state index in [2.05, 4.69) is 46.8 Å². The Morgan fingerprint density at radius 3 is 2.52 bits per heavy atom. The van der Waals surface area contributed by atoms with Crippen LogP contribution in [0.25, 0.3) is 0 Å². The fourth-order valence-electron chi connectivity index (χ4n) is 3.46. The second-order valence-corrected chi connectivity index (χ2v) is 6.98. The molecule has 0 radical (unpaired) electrons. The van der Waals surface area contributed by atoms with Crippen molar-refractivity contribution >= 4 is 11.8 Å². The summed E-state index contributed by atoms with van der Waals surface area (Å²) >= 11 is 0. The van der Waals surface area contributed by atoms with Crippen LogP contribution in [0.1, 0.15) is 44.6 Å². The van der Waals surface area contributed by atoms with Gasteiger partial charge in [-0.2, -0.15) is 0 Å². The predicted octanol–water partition coefficient (Wildman–Crippen LogP) is 2.11. The van der Waals surface area contributed by atoms with Gasteiger partial charge in [0, 0.05) is 38.5 Å². The van der Waals surface area contributed by atoms with Crippen LogP contribution in [0.4, 0.5) is 0 Å². The quantitative estimate of drug-likeness (QED) is 0.674. The Labute approximate surface area is 151 Å². The molecule has 5 heteroatoms. The van der Waals surface area contributed by atoms with Crippen LogP contribution < -0.4 is 10.6 Å². The van der Waals surface area contributed by atoms with Crippen molar-refractivity contribution in [3.8, 4) is 0 Å². The number of amides is 2. The number of hydrogen-bond acceptors (Lipinski definition) is 3. The second-order valence-electron chi connectivity index (χ2n) is 6.98. The molecule has 1 aromatic carbocycles. The van der Waals surface area contributed by atoms with E-state index in [1.165, 1.54) is 12.5 Å². The van der Waals surface area contributed by atoms with E-state index < -0.39 is 0 Å². The first-order chi connectivity index (χ1) is 12.1. The standard InChI is InChI=1S/C20H31N3O2/c1-16(24)22-15-19-12-11-18(23(19)2)14-20(25)21-13-7-6-10-17-8-4-3-5-9-17/h3-5,8-9,18-19H,6-7,10-15H2,1-2H3,(H,21,25)(H,22,24)/t18-,19+/m0/s1. The topological polar surface area (TPSA) is 61.4 Å². The molecule has 1 fully saturated rings. The third-order valence-electron chi connectivity index (χ3n) is 5.05. The number of likely N-dealkylation sites (N-methyl/N-ethyl adjacent to an activating group) is 1. The lowest BCUT2D eigenvalue weighted by molar-refractivity contribution is -0.122. The smallest absolute Gasteiger partial charge is 0.221 e. The summed E-state index contributed by atoms with van der Waals surface area (Å²) in [6, 6.07) is 11.1. The van der Waals surface area contributed by atoms with Gasteiger partial charge in [-0.3, -0.25) is 14.5 Å². The molecule has 1 aromatic rings. The first kappa shape index (κ1) is 19.4. The highest BCUT2D eigenvalue weighted by Crippen LogP contribution is 2.24. The SMILES string of the molecule is CC(=O)NC[C@H]1CC[C@@H](CC(=O)NCCCCc2ccccc2)N1C. The summed E-state index contributed by atoms with van der Waals surface area (Å²) in [5, 5.41) is 5.92. The molecule has 0 aromatic heterocycles. The van der Waals surface area contributed by atoms with Crippen molar-refractivity contribution in [1.29, 1.82) is 0 Å². The number of hydrogen-bond donors (Lipinski definition) is 2. The van der Waals surface area contributed by atoms with Gasteiger partial charge in [0.1, 0.15) is 0 Å². The van der Waals surface area contributed by atoms with Crippen molar-refractivity contribution < 1.29 is 9.59 Å². The van der Waals surface area contributed by atoms with Crippen LogP contribution in [-0.4, -0.2) is 48.9 Å². The minimum atomic E-state index is 0.00472. The molecular weight excluding hydrogens is 314 g/mol. The van der Waals surface area contributed by atoms with E-state index in [0.717, 1.165) is 38.6 Å². The number of carbonyl (C=O) groups excluding carboxylic acids is 2. The lowest BCUT2D eigenvalue weighted by atomic mass is 10.1. The molecule has 1 aliphatic heterocycles. The van der Waals surface area contributed by atoms with Crippen molar-refractivity contribution in [3.63, 3.8) is 0 Å². The highest BCUT2D eigenvalue weighted by molar-refractivity contribution is 5.76. The minimum Gasteiger partial charge on any atom is -0.356 e. The van der Waals surface area contributed by atoms with Gasteiger partial charge in [-0.25, -0.2) is 0 Å². The van der Waals surface area contributed by atoms with Crippen LogP contribution in [0.2, 0.25) is 0 Å². The molecule has 2 amide bonds. The van der Waals surface area contributed by atoms with E-state index in [1.807, 2.05) is 6.07 Å². The fraction of sp³-hybridized carbons (Fsp3) is 0.600. The summed E-state index contributed by atoms with van der Waals surface area (Å²) < 4.78 is 0. The number of rotatable bonds is 9. The van der Waals surface area contributed by atoms with Crippen molar-refractivity contribution in [1.82, 2.24) is 15.5 Å². The first-order valence-electron chi connectivity index (χ1n) is 9.33. The minimum absolute atomic E-state index is 0.00472. The molecule has 2 atom stereocenters. The Kier molecular flexibility index (Phi) is 7.92. The highest BCUT2D eigenvalue weighted by Gasteiger charge is 2.31. The van der Waals surface area contributed by atoms with Crippen LogP contribution in [-0.2, 0) is 16.0 Å². The van der Waals surface area contributed by atoms with Gasteiger partial charge in [-0.15, -0.1) is 0 Å². The van der Waals surface area contributed by atoms with Crippen LogP contribution in [0.5, 0.6) is 0 Å². The number of likely N-dealkylation sites (tertiary alicyclic amines) is 1. The maximum atomic E-state index is 12.1. The van der Waals surface area contributed by atoms with Gasteiger partial charge in [0.05, 0.1) is 0 Å². The number of nitrogens with zero attached hydrogens (tertiary/aromatic N) is 1. The lowest BCUT2D eigenvalue weighted by Gasteiger charge is -2.25. The molecule has 0 saturated carbocycles. The molecule has 138 valence electrons. The van der Waals surface area contributed by atoms with Crippen LogP contribution in [0, 0.1) is 0 Å². The van der Waals surface area contributed by atoms with E-state index in [1.54, 1.807) is 0 Å². The monoisotopic (exact) mass is 345 g/mol. The first-order valence-corrected chi connectivity index (χ1v) is 9.33. The van der Waals surface area contributed by atoms with E-state index in [4.69, 9.17) is 0 Å². The zero-order valence-corrected chi connectivity index (χ0v) is 15.5. The molecule has 0 unspecified atom stereocenters. The molecule has 1 aliphatic rings. The van der Waals surface area contributed by atoms with Gasteiger partial charge in [0.25, 0.3) is 0 Å². The van der Waals surface area contributed by atoms with Gasteiger partial charge >= 0.3 is 0 Å². The van der Waals surface area contributed by atoms with E-state index >= 15 is 0 Å². The zero-order chi connectivity index (χ0) is 18.1. The van der Waals surface area contributed by atoms with Gasteiger partial charge < -0.3 is 10.6 Å². The maximum absolute atomic E-state index is 12.1. The number of carbonyl (C=O) groups is 2. The molecule has 0 spiro atoms. The van der Waals surface area contributed by atoms with Crippen LogP contribution in [0.3, 0.4) is 0 Å². The Morgan fingerprint density at radius 1 is 1.08 bits per heavy atom. The predicted molar refractivity (Wildman–Crippen MR) is 100 cm³/mol. The van der Waals surface area contributed by atoms with Crippen LogP contribution in [0.15, 0.2) is 30.3 Å². The Hall–Kier alpha value is -1.88. The third-order valence-corrected chi connectivity index (χ3v) is 5.05. The summed E-state index contributed by atoms with van der Waals surface area (Å²) in [7, 11) is 2.05. The summed E-state index contributed by atoms with van der Waals surface area (Å²) in [5.74, 6) is 0.141. The molecule has 0 aliphatic carbocycles. The second kappa shape index (κ2) is 10.2. The van der Waals surface area contributed by atoms with Crippen molar-refractivity contribution in [3.05, 3.63) is 35.9 Å². The van der Waals surface area contributed by atoms with E-state index in [0.29, 0.717) is 19.0 Å². The Balaban J connectivity index is 1.58. The Bertz CT molecular complexity index is 547. The largest absolute Gasteiger partial charge is 0.356 e. The summed E-state index contributed by atoms with van der Waals surface area (Å²) in [5.41, 5.74) is 1.35. The maximum Gasteiger partial charge on any atom is 0.221 e.